The lowest BCUT2D eigenvalue weighted by Crippen LogP contribution is -2.24. The van der Waals surface area contributed by atoms with Gasteiger partial charge in [0.2, 0.25) is 5.91 Å². The predicted octanol–water partition coefficient (Wildman–Crippen LogP) is 4.30. The first-order valence-corrected chi connectivity index (χ1v) is 7.81. The van der Waals surface area contributed by atoms with Gasteiger partial charge in [-0.1, -0.05) is 23.7 Å². The Morgan fingerprint density at radius 2 is 1.68 bits per heavy atom. The van der Waals surface area contributed by atoms with Gasteiger partial charge < -0.3 is 5.73 Å². The molecule has 25 heavy (non-hydrogen) atoms. The van der Waals surface area contributed by atoms with Crippen LogP contribution < -0.4 is 5.73 Å². The van der Waals surface area contributed by atoms with Gasteiger partial charge in [-0.2, -0.15) is 0 Å². The van der Waals surface area contributed by atoms with E-state index in [1.807, 2.05) is 0 Å². The summed E-state index contributed by atoms with van der Waals surface area (Å²) in [5, 5.41) is 0.0952. The number of amides is 1. The van der Waals surface area contributed by atoms with E-state index < -0.39 is 17.6 Å². The van der Waals surface area contributed by atoms with Crippen molar-refractivity contribution >= 4 is 17.5 Å². The van der Waals surface area contributed by atoms with Gasteiger partial charge in [0.25, 0.3) is 0 Å². The van der Waals surface area contributed by atoms with E-state index in [9.17, 15) is 13.6 Å². The van der Waals surface area contributed by atoms with E-state index in [1.54, 1.807) is 30.3 Å². The van der Waals surface area contributed by atoms with Crippen molar-refractivity contribution in [3.05, 3.63) is 88.6 Å². The molecule has 2 aromatic carbocycles. The molecule has 1 amide bonds. The standard InChI is InChI=1S/C19H13ClF2N2O/c20-13-3-1-4-14(22)17(13)18(19(23)25)16-6-2-5-15(24-16)11-7-9-12(21)10-8-11/h1-10,18H,(H2,23,25). The summed E-state index contributed by atoms with van der Waals surface area (Å²) in [6.07, 6.45) is 0. The summed E-state index contributed by atoms with van der Waals surface area (Å²) in [6.45, 7) is 0. The number of pyridine rings is 1. The van der Waals surface area contributed by atoms with Crippen LogP contribution in [-0.2, 0) is 4.79 Å². The van der Waals surface area contributed by atoms with E-state index in [1.165, 1.54) is 30.3 Å². The Kier molecular flexibility index (Phi) is 4.76. The highest BCUT2D eigenvalue weighted by Gasteiger charge is 2.27. The molecular formula is C19H13ClF2N2O. The van der Waals surface area contributed by atoms with E-state index in [0.29, 0.717) is 11.3 Å². The van der Waals surface area contributed by atoms with E-state index in [-0.39, 0.29) is 22.1 Å². The van der Waals surface area contributed by atoms with Crippen molar-refractivity contribution in [1.29, 1.82) is 0 Å². The second-order valence-electron chi connectivity index (χ2n) is 5.43. The summed E-state index contributed by atoms with van der Waals surface area (Å²) in [5.74, 6) is -2.90. The molecule has 0 spiro atoms. The average molecular weight is 359 g/mol. The highest BCUT2D eigenvalue weighted by molar-refractivity contribution is 6.31. The molecule has 0 aliphatic rings. The molecule has 126 valence electrons. The average Bonchev–Trinajstić information content (AvgIpc) is 2.58. The first-order valence-electron chi connectivity index (χ1n) is 7.43. The zero-order chi connectivity index (χ0) is 18.0. The van der Waals surface area contributed by atoms with Crippen LogP contribution in [0.2, 0.25) is 5.02 Å². The predicted molar refractivity (Wildman–Crippen MR) is 92.1 cm³/mol. The number of aromatic nitrogens is 1. The fourth-order valence-corrected chi connectivity index (χ4v) is 2.89. The number of benzene rings is 2. The fourth-order valence-electron chi connectivity index (χ4n) is 2.62. The van der Waals surface area contributed by atoms with Crippen molar-refractivity contribution in [1.82, 2.24) is 4.98 Å². The molecule has 0 fully saturated rings. The second kappa shape index (κ2) is 6.99. The van der Waals surface area contributed by atoms with Crippen LogP contribution in [0.1, 0.15) is 17.2 Å². The number of nitrogens with zero attached hydrogens (tertiary/aromatic N) is 1. The van der Waals surface area contributed by atoms with Crippen LogP contribution in [-0.4, -0.2) is 10.9 Å². The number of hydrogen-bond acceptors (Lipinski definition) is 2. The van der Waals surface area contributed by atoms with Gasteiger partial charge in [-0.3, -0.25) is 9.78 Å². The number of carbonyl (C=O) groups excluding carboxylic acids is 1. The molecular weight excluding hydrogens is 346 g/mol. The van der Waals surface area contributed by atoms with Gasteiger partial charge >= 0.3 is 0 Å². The molecule has 0 aliphatic heterocycles. The van der Waals surface area contributed by atoms with Gasteiger partial charge in [0.15, 0.2) is 0 Å². The number of rotatable bonds is 4. The summed E-state index contributed by atoms with van der Waals surface area (Å²) in [6, 6.07) is 14.8. The monoisotopic (exact) mass is 358 g/mol. The molecule has 1 atom stereocenters. The lowest BCUT2D eigenvalue weighted by molar-refractivity contribution is -0.118. The van der Waals surface area contributed by atoms with Gasteiger partial charge in [-0.25, -0.2) is 8.78 Å². The van der Waals surface area contributed by atoms with Gasteiger partial charge in [0, 0.05) is 16.1 Å². The van der Waals surface area contributed by atoms with Crippen molar-refractivity contribution in [2.75, 3.05) is 0 Å². The molecule has 0 saturated heterocycles. The minimum Gasteiger partial charge on any atom is -0.369 e. The summed E-state index contributed by atoms with van der Waals surface area (Å²) >= 11 is 6.08. The Balaban J connectivity index is 2.11. The number of hydrogen-bond donors (Lipinski definition) is 1. The van der Waals surface area contributed by atoms with Crippen LogP contribution in [0.15, 0.2) is 60.7 Å². The molecule has 0 radical (unpaired) electrons. The highest BCUT2D eigenvalue weighted by Crippen LogP contribution is 2.32. The fraction of sp³-hybridized carbons (Fsp3) is 0.0526. The number of primary amides is 1. The molecule has 3 nitrogen and oxygen atoms in total. The molecule has 3 aromatic rings. The zero-order valence-corrected chi connectivity index (χ0v) is 13.7. The SMILES string of the molecule is NC(=O)C(c1cccc(-c2ccc(F)cc2)n1)c1c(F)cccc1Cl. The Bertz CT molecular complexity index is 909. The zero-order valence-electron chi connectivity index (χ0n) is 12.9. The Labute approximate surface area is 148 Å². The van der Waals surface area contributed by atoms with Gasteiger partial charge in [-0.05, 0) is 48.5 Å². The van der Waals surface area contributed by atoms with Crippen LogP contribution in [0.25, 0.3) is 11.3 Å². The summed E-state index contributed by atoms with van der Waals surface area (Å²) in [4.78, 5) is 16.4. The first-order chi connectivity index (χ1) is 12.0. The van der Waals surface area contributed by atoms with Crippen molar-refractivity contribution in [2.45, 2.75) is 5.92 Å². The van der Waals surface area contributed by atoms with Gasteiger partial charge in [0.05, 0.1) is 11.4 Å². The van der Waals surface area contributed by atoms with E-state index in [2.05, 4.69) is 4.98 Å². The van der Waals surface area contributed by atoms with Crippen LogP contribution in [0.4, 0.5) is 8.78 Å². The van der Waals surface area contributed by atoms with Crippen molar-refractivity contribution < 1.29 is 13.6 Å². The molecule has 1 unspecified atom stereocenters. The minimum absolute atomic E-state index is 0.0135. The quantitative estimate of drug-likeness (QED) is 0.756. The van der Waals surface area contributed by atoms with Gasteiger partial charge in [-0.15, -0.1) is 0 Å². The third-order valence-electron chi connectivity index (χ3n) is 3.78. The smallest absolute Gasteiger partial charge is 0.231 e. The molecule has 6 heteroatoms. The number of nitrogens with two attached hydrogens (primary N) is 1. The Morgan fingerprint density at radius 1 is 1.00 bits per heavy atom. The first kappa shape index (κ1) is 17.0. The lowest BCUT2D eigenvalue weighted by Gasteiger charge is -2.16. The third-order valence-corrected chi connectivity index (χ3v) is 4.11. The van der Waals surface area contributed by atoms with E-state index in [0.717, 1.165) is 0 Å². The second-order valence-corrected chi connectivity index (χ2v) is 5.83. The van der Waals surface area contributed by atoms with Crippen molar-refractivity contribution in [3.63, 3.8) is 0 Å². The van der Waals surface area contributed by atoms with Crippen molar-refractivity contribution in [3.8, 4) is 11.3 Å². The lowest BCUT2D eigenvalue weighted by atomic mass is 9.93. The largest absolute Gasteiger partial charge is 0.369 e. The molecule has 1 heterocycles. The Morgan fingerprint density at radius 3 is 2.32 bits per heavy atom. The minimum atomic E-state index is -1.13. The van der Waals surface area contributed by atoms with Crippen LogP contribution in [0.3, 0.4) is 0 Å². The summed E-state index contributed by atoms with van der Waals surface area (Å²) < 4.78 is 27.3. The highest BCUT2D eigenvalue weighted by atomic mass is 35.5. The maximum Gasteiger partial charge on any atom is 0.231 e. The van der Waals surface area contributed by atoms with Crippen LogP contribution in [0, 0.1) is 11.6 Å². The number of carbonyl (C=O) groups is 1. The van der Waals surface area contributed by atoms with E-state index in [4.69, 9.17) is 17.3 Å². The number of halogens is 3. The topological polar surface area (TPSA) is 56.0 Å². The summed E-state index contributed by atoms with van der Waals surface area (Å²) in [5.41, 5.74) is 6.91. The maximum absolute atomic E-state index is 14.3. The Hall–Kier alpha value is -2.79. The molecule has 2 N–H and O–H groups in total. The summed E-state index contributed by atoms with van der Waals surface area (Å²) in [7, 11) is 0. The maximum atomic E-state index is 14.3. The van der Waals surface area contributed by atoms with Crippen molar-refractivity contribution in [2.24, 2.45) is 5.73 Å². The van der Waals surface area contributed by atoms with Gasteiger partial charge in [0.1, 0.15) is 17.6 Å². The normalized spacial score (nSPS) is 12.0. The van der Waals surface area contributed by atoms with Crippen LogP contribution >= 0.6 is 11.6 Å². The molecule has 0 aliphatic carbocycles. The van der Waals surface area contributed by atoms with Crippen LogP contribution in [0.5, 0.6) is 0 Å². The molecule has 0 saturated carbocycles. The molecule has 1 aromatic heterocycles. The molecule has 0 bridgehead atoms. The van der Waals surface area contributed by atoms with E-state index >= 15 is 0 Å². The third kappa shape index (κ3) is 3.51. The molecule has 3 rings (SSSR count).